The second kappa shape index (κ2) is 9.20. The Labute approximate surface area is 184 Å². The Morgan fingerprint density at radius 2 is 1.56 bits per heavy atom. The summed E-state index contributed by atoms with van der Waals surface area (Å²) in [5, 5.41) is 0. The third kappa shape index (κ3) is 4.88. The highest BCUT2D eigenvalue weighted by atomic mass is 19.4. The van der Waals surface area contributed by atoms with Crippen molar-refractivity contribution in [1.29, 1.82) is 0 Å². The summed E-state index contributed by atoms with van der Waals surface area (Å²) in [6.45, 7) is 2.31. The number of hydrogen-bond acceptors (Lipinski definition) is 4. The lowest BCUT2D eigenvalue weighted by Crippen LogP contribution is -2.52. The molecule has 0 radical (unpaired) electrons. The quantitative estimate of drug-likeness (QED) is 0.708. The largest absolute Gasteiger partial charge is 0.483 e. The van der Waals surface area contributed by atoms with E-state index >= 15 is 0 Å². The summed E-state index contributed by atoms with van der Waals surface area (Å²) < 4.78 is 44.4. The van der Waals surface area contributed by atoms with Gasteiger partial charge in [0.15, 0.2) is 6.61 Å². The number of amides is 2. The monoisotopic (exact) mass is 447 g/mol. The van der Waals surface area contributed by atoms with Crippen LogP contribution in [0.4, 0.5) is 18.9 Å². The maximum Gasteiger partial charge on any atom is 0.419 e. The van der Waals surface area contributed by atoms with Crippen molar-refractivity contribution in [2.75, 3.05) is 50.8 Å². The van der Waals surface area contributed by atoms with Crippen molar-refractivity contribution in [3.8, 4) is 5.75 Å². The predicted molar refractivity (Wildman–Crippen MR) is 112 cm³/mol. The number of carbonyl (C=O) groups is 2. The maximum absolute atomic E-state index is 13.1. The molecule has 0 saturated carbocycles. The number of anilines is 1. The fourth-order valence-electron chi connectivity index (χ4n) is 4.09. The smallest absolute Gasteiger partial charge is 0.419 e. The van der Waals surface area contributed by atoms with Crippen LogP contribution in [0.1, 0.15) is 11.1 Å². The first kappa shape index (κ1) is 22.1. The van der Waals surface area contributed by atoms with Crippen LogP contribution in [0, 0.1) is 0 Å². The number of para-hydroxylation sites is 2. The lowest BCUT2D eigenvalue weighted by Gasteiger charge is -2.35. The Balaban J connectivity index is 1.25. The van der Waals surface area contributed by atoms with Crippen molar-refractivity contribution in [3.05, 3.63) is 59.7 Å². The van der Waals surface area contributed by atoms with E-state index < -0.39 is 18.3 Å². The van der Waals surface area contributed by atoms with E-state index in [0.29, 0.717) is 32.7 Å². The molecule has 0 N–H and O–H groups in total. The number of hydrogen-bond donors (Lipinski definition) is 0. The molecule has 0 unspecified atom stereocenters. The fourth-order valence-corrected chi connectivity index (χ4v) is 4.09. The van der Waals surface area contributed by atoms with E-state index in [1.54, 1.807) is 9.80 Å². The van der Waals surface area contributed by atoms with Crippen LogP contribution in [0.3, 0.4) is 0 Å². The van der Waals surface area contributed by atoms with Crippen molar-refractivity contribution in [3.63, 3.8) is 0 Å². The zero-order valence-corrected chi connectivity index (χ0v) is 17.5. The summed E-state index contributed by atoms with van der Waals surface area (Å²) in [6.07, 6.45) is -3.70. The molecular weight excluding hydrogens is 423 g/mol. The van der Waals surface area contributed by atoms with Gasteiger partial charge in [-0.05, 0) is 30.2 Å². The number of halogens is 3. The number of ether oxygens (including phenoxy) is 1. The van der Waals surface area contributed by atoms with Crippen molar-refractivity contribution in [2.24, 2.45) is 0 Å². The van der Waals surface area contributed by atoms with Gasteiger partial charge in [0.1, 0.15) is 5.75 Å². The molecule has 32 heavy (non-hydrogen) atoms. The third-order valence-electron chi connectivity index (χ3n) is 5.82. The molecule has 0 spiro atoms. The maximum atomic E-state index is 13.1. The lowest BCUT2D eigenvalue weighted by atomic mass is 10.2. The molecule has 2 aliphatic heterocycles. The van der Waals surface area contributed by atoms with Crippen molar-refractivity contribution in [2.45, 2.75) is 12.6 Å². The molecule has 2 amide bonds. The normalized spacial score (nSPS) is 16.7. The molecule has 0 aliphatic carbocycles. The van der Waals surface area contributed by atoms with Gasteiger partial charge in [-0.3, -0.25) is 14.5 Å². The van der Waals surface area contributed by atoms with Gasteiger partial charge in [0.2, 0.25) is 5.91 Å². The SMILES string of the molecule is O=C(COc1ccccc1C(F)(F)F)N1CCN(CC(=O)N2CCc3ccccc32)CC1. The Morgan fingerprint density at radius 3 is 2.31 bits per heavy atom. The number of benzene rings is 2. The van der Waals surface area contributed by atoms with Crippen LogP contribution in [0.25, 0.3) is 0 Å². The molecule has 9 heteroatoms. The minimum atomic E-state index is -4.55. The van der Waals surface area contributed by atoms with E-state index in [0.717, 1.165) is 18.2 Å². The van der Waals surface area contributed by atoms with Gasteiger partial charge in [0.05, 0.1) is 12.1 Å². The molecule has 2 heterocycles. The molecule has 2 aromatic carbocycles. The summed E-state index contributed by atoms with van der Waals surface area (Å²) in [5.74, 6) is -0.702. The second-order valence-electron chi connectivity index (χ2n) is 7.86. The van der Waals surface area contributed by atoms with Crippen molar-refractivity contribution in [1.82, 2.24) is 9.80 Å². The second-order valence-corrected chi connectivity index (χ2v) is 7.86. The number of alkyl halides is 3. The highest BCUT2D eigenvalue weighted by Gasteiger charge is 2.34. The summed E-state index contributed by atoms with van der Waals surface area (Å²) in [7, 11) is 0. The minimum absolute atomic E-state index is 0.0295. The summed E-state index contributed by atoms with van der Waals surface area (Å²) >= 11 is 0. The van der Waals surface area contributed by atoms with Gasteiger partial charge < -0.3 is 14.5 Å². The molecule has 170 valence electrons. The molecule has 4 rings (SSSR count). The van der Waals surface area contributed by atoms with Crippen LogP contribution in [-0.4, -0.2) is 67.5 Å². The first-order valence-electron chi connectivity index (χ1n) is 10.5. The molecule has 0 bridgehead atoms. The molecule has 1 saturated heterocycles. The van der Waals surface area contributed by atoms with E-state index in [9.17, 15) is 22.8 Å². The highest BCUT2D eigenvalue weighted by Crippen LogP contribution is 2.35. The van der Waals surface area contributed by atoms with E-state index in [-0.39, 0.29) is 24.1 Å². The molecular formula is C23H24F3N3O3. The number of rotatable bonds is 5. The van der Waals surface area contributed by atoms with Crippen LogP contribution >= 0.6 is 0 Å². The standard InChI is InChI=1S/C23H24F3N3O3/c24-23(25,26)18-6-2-4-8-20(18)32-16-22(31)28-13-11-27(12-14-28)15-21(30)29-10-9-17-5-1-3-7-19(17)29/h1-8H,9-16H2. The molecule has 1 fully saturated rings. The van der Waals surface area contributed by atoms with Gasteiger partial charge in [-0.15, -0.1) is 0 Å². The van der Waals surface area contributed by atoms with Gasteiger partial charge in [-0.25, -0.2) is 0 Å². The molecule has 2 aromatic rings. The summed E-state index contributed by atoms with van der Waals surface area (Å²) in [4.78, 5) is 30.5. The minimum Gasteiger partial charge on any atom is -0.483 e. The molecule has 6 nitrogen and oxygen atoms in total. The first-order valence-corrected chi connectivity index (χ1v) is 10.5. The number of fused-ring (bicyclic) bond motifs is 1. The number of carbonyl (C=O) groups excluding carboxylic acids is 2. The lowest BCUT2D eigenvalue weighted by molar-refractivity contribution is -0.141. The Morgan fingerprint density at radius 1 is 0.875 bits per heavy atom. The van der Waals surface area contributed by atoms with Gasteiger partial charge >= 0.3 is 6.18 Å². The van der Waals surface area contributed by atoms with Crippen LogP contribution in [0.5, 0.6) is 5.75 Å². The summed E-state index contributed by atoms with van der Waals surface area (Å²) in [5.41, 5.74) is 1.23. The average molecular weight is 447 g/mol. The fraction of sp³-hybridized carbons (Fsp3) is 0.391. The van der Waals surface area contributed by atoms with Crippen LogP contribution in [-0.2, 0) is 22.2 Å². The zero-order valence-electron chi connectivity index (χ0n) is 17.5. The number of nitrogens with zero attached hydrogens (tertiary/aromatic N) is 3. The number of piperazine rings is 1. The molecule has 2 aliphatic rings. The predicted octanol–water partition coefficient (Wildman–Crippen LogP) is 2.82. The van der Waals surface area contributed by atoms with Crippen LogP contribution in [0.2, 0.25) is 0 Å². The van der Waals surface area contributed by atoms with Gasteiger partial charge in [0.25, 0.3) is 5.91 Å². The van der Waals surface area contributed by atoms with Crippen LogP contribution in [0.15, 0.2) is 48.5 Å². The van der Waals surface area contributed by atoms with E-state index in [2.05, 4.69) is 0 Å². The molecule has 0 aromatic heterocycles. The van der Waals surface area contributed by atoms with Crippen molar-refractivity contribution < 1.29 is 27.5 Å². The van der Waals surface area contributed by atoms with E-state index in [1.165, 1.54) is 23.8 Å². The third-order valence-corrected chi connectivity index (χ3v) is 5.82. The Kier molecular flexibility index (Phi) is 6.36. The van der Waals surface area contributed by atoms with Gasteiger partial charge in [-0.2, -0.15) is 13.2 Å². The highest BCUT2D eigenvalue weighted by molar-refractivity contribution is 5.96. The summed E-state index contributed by atoms with van der Waals surface area (Å²) in [6, 6.07) is 12.7. The van der Waals surface area contributed by atoms with Crippen LogP contribution < -0.4 is 9.64 Å². The molecule has 0 atom stereocenters. The van der Waals surface area contributed by atoms with E-state index in [4.69, 9.17) is 4.74 Å². The first-order chi connectivity index (χ1) is 15.3. The Hall–Kier alpha value is -3.07. The van der Waals surface area contributed by atoms with E-state index in [1.807, 2.05) is 29.2 Å². The van der Waals surface area contributed by atoms with Gasteiger partial charge in [-0.1, -0.05) is 30.3 Å². The Bertz CT molecular complexity index is 988. The average Bonchev–Trinajstić information content (AvgIpc) is 3.22. The topological polar surface area (TPSA) is 53.1 Å². The van der Waals surface area contributed by atoms with Gasteiger partial charge in [0, 0.05) is 38.4 Å². The van der Waals surface area contributed by atoms with Crippen molar-refractivity contribution >= 4 is 17.5 Å². The zero-order chi connectivity index (χ0) is 22.7.